The highest BCUT2D eigenvalue weighted by molar-refractivity contribution is 5.69. The van der Waals surface area contributed by atoms with Crippen LogP contribution in [0.25, 0.3) is 11.3 Å². The van der Waals surface area contributed by atoms with Crippen molar-refractivity contribution in [3.63, 3.8) is 0 Å². The van der Waals surface area contributed by atoms with E-state index in [9.17, 15) is 4.39 Å². The van der Waals surface area contributed by atoms with Gasteiger partial charge in [0.1, 0.15) is 12.1 Å². The Balaban J connectivity index is 2.51. The van der Waals surface area contributed by atoms with Crippen molar-refractivity contribution >= 4 is 5.82 Å². The van der Waals surface area contributed by atoms with Gasteiger partial charge < -0.3 is 10.1 Å². The lowest BCUT2D eigenvalue weighted by Gasteiger charge is -2.13. The van der Waals surface area contributed by atoms with E-state index in [-0.39, 0.29) is 5.75 Å². The number of aromatic nitrogens is 2. The predicted octanol–water partition coefficient (Wildman–Crippen LogP) is 3.29. The van der Waals surface area contributed by atoms with Gasteiger partial charge in [-0.15, -0.1) is 0 Å². The summed E-state index contributed by atoms with van der Waals surface area (Å²) in [6.45, 7) is 4.82. The number of anilines is 1. The van der Waals surface area contributed by atoms with Gasteiger partial charge in [0.25, 0.3) is 0 Å². The molecule has 2 rings (SSSR count). The lowest BCUT2D eigenvalue weighted by molar-refractivity contribution is 0.386. The predicted molar refractivity (Wildman–Crippen MR) is 77.5 cm³/mol. The van der Waals surface area contributed by atoms with Crippen LogP contribution in [0.2, 0.25) is 0 Å². The van der Waals surface area contributed by atoms with E-state index in [1.807, 2.05) is 13.8 Å². The number of halogens is 1. The SMILES string of the molecule is CCNc1ncnc(-c2ccc(OC)c(F)c2)c1CC. The van der Waals surface area contributed by atoms with Crippen LogP contribution < -0.4 is 10.1 Å². The number of hydrogen-bond acceptors (Lipinski definition) is 4. The largest absolute Gasteiger partial charge is 0.494 e. The van der Waals surface area contributed by atoms with Crippen molar-refractivity contribution in [2.75, 3.05) is 19.0 Å². The van der Waals surface area contributed by atoms with Gasteiger partial charge >= 0.3 is 0 Å². The van der Waals surface area contributed by atoms with Gasteiger partial charge in [-0.2, -0.15) is 0 Å². The molecule has 20 heavy (non-hydrogen) atoms. The van der Waals surface area contributed by atoms with Crippen LogP contribution in [-0.2, 0) is 6.42 Å². The minimum absolute atomic E-state index is 0.229. The van der Waals surface area contributed by atoms with Gasteiger partial charge in [0.2, 0.25) is 0 Å². The standard InChI is InChI=1S/C15H18FN3O/c1-4-11-14(18-9-19-15(11)17-5-2)10-6-7-13(20-3)12(16)8-10/h6-9H,4-5H2,1-3H3,(H,17,18,19). The van der Waals surface area contributed by atoms with Crippen LogP contribution in [0, 0.1) is 5.82 Å². The summed E-state index contributed by atoms with van der Waals surface area (Å²) in [5, 5.41) is 3.20. The quantitative estimate of drug-likeness (QED) is 0.909. The van der Waals surface area contributed by atoms with Crippen molar-refractivity contribution in [3.05, 3.63) is 35.9 Å². The highest BCUT2D eigenvalue weighted by atomic mass is 19.1. The molecule has 1 heterocycles. The Morgan fingerprint density at radius 3 is 2.65 bits per heavy atom. The second kappa shape index (κ2) is 6.32. The molecule has 0 radical (unpaired) electrons. The van der Waals surface area contributed by atoms with Gasteiger partial charge in [0, 0.05) is 17.7 Å². The van der Waals surface area contributed by atoms with E-state index in [4.69, 9.17) is 4.74 Å². The number of ether oxygens (including phenoxy) is 1. The smallest absolute Gasteiger partial charge is 0.165 e. The second-order valence-corrected chi connectivity index (χ2v) is 4.28. The van der Waals surface area contributed by atoms with Crippen molar-refractivity contribution < 1.29 is 9.13 Å². The molecule has 4 nitrogen and oxygen atoms in total. The van der Waals surface area contributed by atoms with Crippen LogP contribution >= 0.6 is 0 Å². The summed E-state index contributed by atoms with van der Waals surface area (Å²) in [5.41, 5.74) is 2.46. The van der Waals surface area contributed by atoms with Gasteiger partial charge in [0.15, 0.2) is 11.6 Å². The molecule has 0 fully saturated rings. The van der Waals surface area contributed by atoms with E-state index >= 15 is 0 Å². The van der Waals surface area contributed by atoms with Gasteiger partial charge in [-0.1, -0.05) is 6.92 Å². The van der Waals surface area contributed by atoms with Crippen LogP contribution in [0.4, 0.5) is 10.2 Å². The van der Waals surface area contributed by atoms with E-state index in [2.05, 4.69) is 15.3 Å². The van der Waals surface area contributed by atoms with E-state index in [1.54, 1.807) is 12.1 Å². The van der Waals surface area contributed by atoms with Gasteiger partial charge in [-0.25, -0.2) is 14.4 Å². The third-order valence-electron chi connectivity index (χ3n) is 3.07. The fraction of sp³-hybridized carbons (Fsp3) is 0.333. The van der Waals surface area contributed by atoms with E-state index in [0.29, 0.717) is 0 Å². The summed E-state index contributed by atoms with van der Waals surface area (Å²) in [6.07, 6.45) is 2.26. The van der Waals surface area contributed by atoms with E-state index in [0.717, 1.165) is 35.6 Å². The number of nitrogens with one attached hydrogen (secondary N) is 1. The number of nitrogens with zero attached hydrogens (tertiary/aromatic N) is 2. The number of hydrogen-bond donors (Lipinski definition) is 1. The van der Waals surface area contributed by atoms with Crippen molar-refractivity contribution in [3.8, 4) is 17.0 Å². The molecule has 0 spiro atoms. The fourth-order valence-corrected chi connectivity index (χ4v) is 2.13. The van der Waals surface area contributed by atoms with Gasteiger partial charge in [0.05, 0.1) is 12.8 Å². The molecular weight excluding hydrogens is 257 g/mol. The third kappa shape index (κ3) is 2.71. The van der Waals surface area contributed by atoms with Crippen molar-refractivity contribution in [2.45, 2.75) is 20.3 Å². The summed E-state index contributed by atoms with van der Waals surface area (Å²) < 4.78 is 18.8. The van der Waals surface area contributed by atoms with Crippen molar-refractivity contribution in [1.82, 2.24) is 9.97 Å². The highest BCUT2D eigenvalue weighted by Crippen LogP contribution is 2.29. The van der Waals surface area contributed by atoms with Crippen LogP contribution in [0.1, 0.15) is 19.4 Å². The lowest BCUT2D eigenvalue weighted by atomic mass is 10.0. The molecule has 0 saturated heterocycles. The zero-order chi connectivity index (χ0) is 14.5. The minimum Gasteiger partial charge on any atom is -0.494 e. The minimum atomic E-state index is -0.393. The molecule has 0 unspecified atom stereocenters. The summed E-state index contributed by atoms with van der Waals surface area (Å²) in [4.78, 5) is 8.54. The van der Waals surface area contributed by atoms with Crippen LogP contribution in [-0.4, -0.2) is 23.6 Å². The van der Waals surface area contributed by atoms with Crippen LogP contribution in [0.3, 0.4) is 0 Å². The maximum atomic E-state index is 13.8. The Bertz CT molecular complexity index is 602. The fourth-order valence-electron chi connectivity index (χ4n) is 2.13. The first-order valence-corrected chi connectivity index (χ1v) is 6.62. The zero-order valence-corrected chi connectivity index (χ0v) is 11.9. The van der Waals surface area contributed by atoms with Crippen LogP contribution in [0.5, 0.6) is 5.75 Å². The lowest BCUT2D eigenvalue weighted by Crippen LogP contribution is -2.05. The summed E-state index contributed by atoms with van der Waals surface area (Å²) >= 11 is 0. The number of rotatable bonds is 5. The average molecular weight is 275 g/mol. The molecule has 0 aliphatic rings. The average Bonchev–Trinajstić information content (AvgIpc) is 2.47. The second-order valence-electron chi connectivity index (χ2n) is 4.28. The van der Waals surface area contributed by atoms with E-state index in [1.165, 1.54) is 19.5 Å². The molecule has 1 aromatic carbocycles. The first-order chi connectivity index (χ1) is 9.71. The molecule has 5 heteroatoms. The maximum absolute atomic E-state index is 13.8. The van der Waals surface area contributed by atoms with Crippen LogP contribution in [0.15, 0.2) is 24.5 Å². The zero-order valence-electron chi connectivity index (χ0n) is 11.9. The third-order valence-corrected chi connectivity index (χ3v) is 3.07. The Morgan fingerprint density at radius 1 is 1.25 bits per heavy atom. The molecule has 0 atom stereocenters. The molecule has 0 amide bonds. The van der Waals surface area contributed by atoms with Gasteiger partial charge in [-0.3, -0.25) is 0 Å². The molecule has 1 aromatic heterocycles. The summed E-state index contributed by atoms with van der Waals surface area (Å²) in [7, 11) is 1.45. The molecule has 0 bridgehead atoms. The van der Waals surface area contributed by atoms with E-state index < -0.39 is 5.82 Å². The van der Waals surface area contributed by atoms with Crippen molar-refractivity contribution in [2.24, 2.45) is 0 Å². The molecule has 2 aromatic rings. The normalized spacial score (nSPS) is 10.4. The Hall–Kier alpha value is -2.17. The molecule has 106 valence electrons. The number of methoxy groups -OCH3 is 1. The summed E-state index contributed by atoms with van der Waals surface area (Å²) in [5.74, 6) is 0.639. The van der Waals surface area contributed by atoms with Gasteiger partial charge in [-0.05, 0) is 31.5 Å². The molecule has 0 aliphatic heterocycles. The van der Waals surface area contributed by atoms with Crippen molar-refractivity contribution in [1.29, 1.82) is 0 Å². The molecular formula is C15H18FN3O. The molecule has 1 N–H and O–H groups in total. The monoisotopic (exact) mass is 275 g/mol. The molecule has 0 aliphatic carbocycles. The highest BCUT2D eigenvalue weighted by Gasteiger charge is 2.13. The Labute approximate surface area is 118 Å². The number of benzene rings is 1. The summed E-state index contributed by atoms with van der Waals surface area (Å²) in [6, 6.07) is 4.86. The Kier molecular flexibility index (Phi) is 4.50. The first kappa shape index (κ1) is 14.2. The molecule has 0 saturated carbocycles. The topological polar surface area (TPSA) is 47.0 Å². The maximum Gasteiger partial charge on any atom is 0.165 e. The Morgan fingerprint density at radius 2 is 2.05 bits per heavy atom. The first-order valence-electron chi connectivity index (χ1n) is 6.62.